The van der Waals surface area contributed by atoms with Gasteiger partial charge in [-0.25, -0.2) is 0 Å². The van der Waals surface area contributed by atoms with E-state index in [0.29, 0.717) is 26.2 Å². The van der Waals surface area contributed by atoms with Crippen LogP contribution in [0.2, 0.25) is 0 Å². The lowest BCUT2D eigenvalue weighted by Crippen LogP contribution is -2.31. The van der Waals surface area contributed by atoms with Crippen molar-refractivity contribution in [2.45, 2.75) is 32.9 Å². The highest BCUT2D eigenvalue weighted by Crippen LogP contribution is 2.30. The summed E-state index contributed by atoms with van der Waals surface area (Å²) in [5, 5.41) is 6.28. The maximum Gasteiger partial charge on any atom is 0.224 e. The number of fused-ring (bicyclic) bond motifs is 1. The van der Waals surface area contributed by atoms with Crippen LogP contribution in [0.15, 0.2) is 42.5 Å². The SMILES string of the molecule is CC(C)NC(=O)Cc1ccc(NCc2ccc3c(c2)OCCO3)cc1. The normalized spacial score (nSPS) is 12.8. The molecule has 0 atom stereocenters. The van der Waals surface area contributed by atoms with Gasteiger partial charge in [0.25, 0.3) is 0 Å². The van der Waals surface area contributed by atoms with Gasteiger partial charge in [0.15, 0.2) is 11.5 Å². The third-order valence-corrected chi connectivity index (χ3v) is 3.87. The zero-order valence-electron chi connectivity index (χ0n) is 14.7. The van der Waals surface area contributed by atoms with E-state index in [2.05, 4.69) is 10.6 Å². The molecule has 2 aromatic rings. The van der Waals surface area contributed by atoms with Gasteiger partial charge in [0, 0.05) is 18.3 Å². The molecular formula is C20H24N2O3. The van der Waals surface area contributed by atoms with Gasteiger partial charge in [-0.05, 0) is 49.2 Å². The second-order valence-corrected chi connectivity index (χ2v) is 6.43. The van der Waals surface area contributed by atoms with Gasteiger partial charge in [0.05, 0.1) is 6.42 Å². The quantitative estimate of drug-likeness (QED) is 0.848. The number of benzene rings is 2. The van der Waals surface area contributed by atoms with Crippen LogP contribution < -0.4 is 20.1 Å². The van der Waals surface area contributed by atoms with Crippen molar-refractivity contribution in [1.29, 1.82) is 0 Å². The van der Waals surface area contributed by atoms with Crippen molar-refractivity contribution in [3.63, 3.8) is 0 Å². The van der Waals surface area contributed by atoms with E-state index in [1.54, 1.807) is 0 Å². The van der Waals surface area contributed by atoms with Crippen LogP contribution in [0, 0.1) is 0 Å². The lowest BCUT2D eigenvalue weighted by molar-refractivity contribution is -0.120. The number of carbonyl (C=O) groups excluding carboxylic acids is 1. The molecule has 5 heteroatoms. The number of rotatable bonds is 6. The summed E-state index contributed by atoms with van der Waals surface area (Å²) in [4.78, 5) is 11.8. The molecule has 0 aliphatic carbocycles. The van der Waals surface area contributed by atoms with E-state index >= 15 is 0 Å². The monoisotopic (exact) mass is 340 g/mol. The van der Waals surface area contributed by atoms with Crippen LogP contribution in [0.25, 0.3) is 0 Å². The van der Waals surface area contributed by atoms with Gasteiger partial charge in [-0.1, -0.05) is 18.2 Å². The smallest absolute Gasteiger partial charge is 0.224 e. The van der Waals surface area contributed by atoms with Crippen molar-refractivity contribution >= 4 is 11.6 Å². The fraction of sp³-hybridized carbons (Fsp3) is 0.350. The van der Waals surface area contributed by atoms with E-state index in [9.17, 15) is 4.79 Å². The van der Waals surface area contributed by atoms with Crippen molar-refractivity contribution in [2.24, 2.45) is 0 Å². The van der Waals surface area contributed by atoms with Crippen LogP contribution in [0.3, 0.4) is 0 Å². The lowest BCUT2D eigenvalue weighted by atomic mass is 10.1. The molecule has 1 aliphatic heterocycles. The standard InChI is InChI=1S/C20H24N2O3/c1-14(2)22-20(23)12-15-3-6-17(7-4-15)21-13-16-5-8-18-19(11-16)25-10-9-24-18/h3-8,11,14,21H,9-10,12-13H2,1-2H3,(H,22,23). The van der Waals surface area contributed by atoms with Gasteiger partial charge in [0.2, 0.25) is 5.91 Å². The second kappa shape index (κ2) is 7.92. The number of anilines is 1. The molecule has 25 heavy (non-hydrogen) atoms. The summed E-state index contributed by atoms with van der Waals surface area (Å²) < 4.78 is 11.1. The molecule has 2 aromatic carbocycles. The van der Waals surface area contributed by atoms with Crippen LogP contribution in [0.4, 0.5) is 5.69 Å². The Hall–Kier alpha value is -2.69. The Balaban J connectivity index is 1.54. The zero-order chi connectivity index (χ0) is 17.6. The summed E-state index contributed by atoms with van der Waals surface area (Å²) in [7, 11) is 0. The Labute approximate surface area is 148 Å². The Morgan fingerprint density at radius 1 is 1.00 bits per heavy atom. The molecule has 132 valence electrons. The van der Waals surface area contributed by atoms with Gasteiger partial charge in [-0.15, -0.1) is 0 Å². The van der Waals surface area contributed by atoms with E-state index in [1.165, 1.54) is 0 Å². The highest BCUT2D eigenvalue weighted by molar-refractivity contribution is 5.78. The molecule has 0 aromatic heterocycles. The molecule has 0 radical (unpaired) electrons. The zero-order valence-corrected chi connectivity index (χ0v) is 14.7. The van der Waals surface area contributed by atoms with Crippen LogP contribution >= 0.6 is 0 Å². The Bertz CT molecular complexity index is 726. The molecule has 0 saturated heterocycles. The highest BCUT2D eigenvalue weighted by Gasteiger charge is 2.11. The van der Waals surface area contributed by atoms with Crippen molar-refractivity contribution in [3.05, 3.63) is 53.6 Å². The van der Waals surface area contributed by atoms with Crippen molar-refractivity contribution in [3.8, 4) is 11.5 Å². The minimum Gasteiger partial charge on any atom is -0.486 e. The summed E-state index contributed by atoms with van der Waals surface area (Å²) in [5.41, 5.74) is 3.15. The molecule has 1 heterocycles. The molecule has 5 nitrogen and oxygen atoms in total. The van der Waals surface area contributed by atoms with Gasteiger partial charge < -0.3 is 20.1 Å². The Morgan fingerprint density at radius 3 is 2.40 bits per heavy atom. The minimum atomic E-state index is 0.0481. The summed E-state index contributed by atoms with van der Waals surface area (Å²) in [5.74, 6) is 1.66. The molecule has 0 saturated carbocycles. The van der Waals surface area contributed by atoms with Crippen molar-refractivity contribution in [2.75, 3.05) is 18.5 Å². The lowest BCUT2D eigenvalue weighted by Gasteiger charge is -2.19. The number of hydrogen-bond donors (Lipinski definition) is 2. The average Bonchev–Trinajstić information content (AvgIpc) is 2.60. The van der Waals surface area contributed by atoms with E-state index in [-0.39, 0.29) is 11.9 Å². The van der Waals surface area contributed by atoms with Crippen LogP contribution in [0.5, 0.6) is 11.5 Å². The average molecular weight is 340 g/mol. The summed E-state index contributed by atoms with van der Waals surface area (Å²) >= 11 is 0. The van der Waals surface area contributed by atoms with Crippen molar-refractivity contribution < 1.29 is 14.3 Å². The Morgan fingerprint density at radius 2 is 1.68 bits per heavy atom. The molecule has 1 amide bonds. The van der Waals surface area contributed by atoms with E-state index < -0.39 is 0 Å². The molecule has 1 aliphatic rings. The topological polar surface area (TPSA) is 59.6 Å². The first-order chi connectivity index (χ1) is 12.1. The number of amides is 1. The molecule has 2 N–H and O–H groups in total. The highest BCUT2D eigenvalue weighted by atomic mass is 16.6. The Kier molecular flexibility index (Phi) is 5.43. The molecule has 0 bridgehead atoms. The maximum absolute atomic E-state index is 11.8. The summed E-state index contributed by atoms with van der Waals surface area (Å²) in [6.45, 7) is 5.82. The third kappa shape index (κ3) is 4.89. The molecule has 3 rings (SSSR count). The van der Waals surface area contributed by atoms with Crippen LogP contribution in [-0.2, 0) is 17.8 Å². The number of carbonyl (C=O) groups is 1. The van der Waals surface area contributed by atoms with Gasteiger partial charge >= 0.3 is 0 Å². The molecule has 0 spiro atoms. The third-order valence-electron chi connectivity index (χ3n) is 3.87. The number of nitrogens with one attached hydrogen (secondary N) is 2. The van der Waals surface area contributed by atoms with Gasteiger partial charge in [-0.3, -0.25) is 4.79 Å². The molecular weight excluding hydrogens is 316 g/mol. The van der Waals surface area contributed by atoms with Gasteiger partial charge in [0.1, 0.15) is 13.2 Å². The van der Waals surface area contributed by atoms with Crippen molar-refractivity contribution in [1.82, 2.24) is 5.32 Å². The first-order valence-corrected chi connectivity index (χ1v) is 8.61. The largest absolute Gasteiger partial charge is 0.486 e. The maximum atomic E-state index is 11.8. The molecule has 0 unspecified atom stereocenters. The van der Waals surface area contributed by atoms with E-state index in [0.717, 1.165) is 28.3 Å². The number of hydrogen-bond acceptors (Lipinski definition) is 4. The van der Waals surface area contributed by atoms with E-state index in [1.807, 2.05) is 56.3 Å². The minimum absolute atomic E-state index is 0.0481. The second-order valence-electron chi connectivity index (χ2n) is 6.43. The van der Waals surface area contributed by atoms with Crippen LogP contribution in [0.1, 0.15) is 25.0 Å². The fourth-order valence-electron chi connectivity index (χ4n) is 2.70. The van der Waals surface area contributed by atoms with Crippen LogP contribution in [-0.4, -0.2) is 25.2 Å². The molecule has 0 fully saturated rings. The summed E-state index contributed by atoms with van der Waals surface area (Å²) in [6.07, 6.45) is 0.403. The van der Waals surface area contributed by atoms with Gasteiger partial charge in [-0.2, -0.15) is 0 Å². The fourth-order valence-corrected chi connectivity index (χ4v) is 2.70. The first kappa shape index (κ1) is 17.1. The number of ether oxygens (including phenoxy) is 2. The predicted molar refractivity (Wildman–Crippen MR) is 98.2 cm³/mol. The first-order valence-electron chi connectivity index (χ1n) is 8.61. The predicted octanol–water partition coefficient (Wildman–Crippen LogP) is 3.14. The van der Waals surface area contributed by atoms with E-state index in [4.69, 9.17) is 9.47 Å². The summed E-state index contributed by atoms with van der Waals surface area (Å²) in [6, 6.07) is 14.1.